The summed E-state index contributed by atoms with van der Waals surface area (Å²) in [6.45, 7) is 11.9. The molecule has 0 aromatic carbocycles. The van der Waals surface area contributed by atoms with Gasteiger partial charge in [0, 0.05) is 11.7 Å². The molecule has 0 aliphatic heterocycles. The molecular formula is C17H22S. The van der Waals surface area contributed by atoms with Crippen molar-refractivity contribution in [2.24, 2.45) is 11.3 Å². The third kappa shape index (κ3) is 3.68. The number of thiol groups is 1. The van der Waals surface area contributed by atoms with E-state index in [1.807, 2.05) is 19.1 Å². The lowest BCUT2D eigenvalue weighted by molar-refractivity contribution is 0.658. The number of allylic oxidation sites excluding steroid dienone is 6. The molecule has 1 atom stereocenters. The Balaban J connectivity index is 3.06. The van der Waals surface area contributed by atoms with Crippen molar-refractivity contribution in [1.82, 2.24) is 0 Å². The fraction of sp³-hybridized carbons (Fsp3) is 0.412. The Bertz CT molecular complexity index is 438. The Kier molecular flexibility index (Phi) is 5.56. The molecule has 1 heteroatoms. The van der Waals surface area contributed by atoms with Gasteiger partial charge >= 0.3 is 0 Å². The highest BCUT2D eigenvalue weighted by molar-refractivity contribution is 7.80. The van der Waals surface area contributed by atoms with E-state index in [9.17, 15) is 0 Å². The fourth-order valence-corrected chi connectivity index (χ4v) is 2.31. The van der Waals surface area contributed by atoms with Gasteiger partial charge in [-0.15, -0.1) is 0 Å². The lowest BCUT2D eigenvalue weighted by atomic mass is 9.77. The Hall–Kier alpha value is -1.13. The quantitative estimate of drug-likeness (QED) is 0.317. The first-order valence-electron chi connectivity index (χ1n) is 6.33. The topological polar surface area (TPSA) is 0 Å². The van der Waals surface area contributed by atoms with Gasteiger partial charge in [0.2, 0.25) is 0 Å². The van der Waals surface area contributed by atoms with Gasteiger partial charge in [-0.1, -0.05) is 60.4 Å². The highest BCUT2D eigenvalue weighted by atomic mass is 32.1. The molecule has 0 aromatic heterocycles. The zero-order chi connectivity index (χ0) is 13.6. The first-order chi connectivity index (χ1) is 8.56. The molecule has 0 aromatic rings. The number of rotatable bonds is 5. The van der Waals surface area contributed by atoms with Crippen molar-refractivity contribution < 1.29 is 0 Å². The summed E-state index contributed by atoms with van der Waals surface area (Å²) in [6, 6.07) is 0. The van der Waals surface area contributed by atoms with Crippen LogP contribution in [0.15, 0.2) is 48.6 Å². The van der Waals surface area contributed by atoms with Crippen LogP contribution in [-0.4, -0.2) is 5.75 Å². The maximum atomic E-state index is 4.50. The normalized spacial score (nSPS) is 18.9. The lowest BCUT2D eigenvalue weighted by Crippen LogP contribution is -2.24. The summed E-state index contributed by atoms with van der Waals surface area (Å²) in [5.41, 5.74) is 1.96. The van der Waals surface area contributed by atoms with Crippen LogP contribution in [0.2, 0.25) is 0 Å². The van der Waals surface area contributed by atoms with E-state index < -0.39 is 0 Å². The van der Waals surface area contributed by atoms with E-state index in [1.54, 1.807) is 6.08 Å². The maximum absolute atomic E-state index is 4.50. The van der Waals surface area contributed by atoms with Crippen LogP contribution in [0.25, 0.3) is 0 Å². The minimum Gasteiger partial charge on any atom is -0.177 e. The Labute approximate surface area is 117 Å². The van der Waals surface area contributed by atoms with Gasteiger partial charge in [0.05, 0.1) is 5.41 Å². The second kappa shape index (κ2) is 6.71. The molecule has 0 amide bonds. The number of hydrogen-bond acceptors (Lipinski definition) is 1. The molecule has 0 saturated heterocycles. The van der Waals surface area contributed by atoms with E-state index in [1.165, 1.54) is 18.4 Å². The Morgan fingerprint density at radius 3 is 2.50 bits per heavy atom. The molecule has 1 aliphatic carbocycles. The zero-order valence-corrected chi connectivity index (χ0v) is 12.3. The van der Waals surface area contributed by atoms with Crippen LogP contribution in [0.3, 0.4) is 0 Å². The van der Waals surface area contributed by atoms with Crippen LogP contribution in [-0.2, 0) is 0 Å². The molecule has 0 bridgehead atoms. The van der Waals surface area contributed by atoms with Crippen molar-refractivity contribution >= 4 is 12.6 Å². The summed E-state index contributed by atoms with van der Waals surface area (Å²) in [5.74, 6) is 8.04. The molecule has 0 spiro atoms. The molecule has 96 valence electrons. The van der Waals surface area contributed by atoms with Crippen LogP contribution >= 0.6 is 12.6 Å². The zero-order valence-electron chi connectivity index (χ0n) is 11.4. The van der Waals surface area contributed by atoms with E-state index in [-0.39, 0.29) is 5.41 Å². The minimum atomic E-state index is -0.294. The van der Waals surface area contributed by atoms with E-state index in [0.29, 0.717) is 11.7 Å². The average molecular weight is 258 g/mol. The van der Waals surface area contributed by atoms with Gasteiger partial charge in [-0.3, -0.25) is 0 Å². The van der Waals surface area contributed by atoms with Gasteiger partial charge in [-0.25, -0.2) is 0 Å². The summed E-state index contributed by atoms with van der Waals surface area (Å²) < 4.78 is 0. The molecule has 1 fully saturated rings. The first-order valence-corrected chi connectivity index (χ1v) is 6.96. The molecule has 1 rings (SSSR count). The van der Waals surface area contributed by atoms with Gasteiger partial charge in [-0.05, 0) is 26.7 Å². The maximum Gasteiger partial charge on any atom is 0.0814 e. The fourth-order valence-electron chi connectivity index (χ4n) is 1.71. The molecule has 0 nitrogen and oxygen atoms in total. The molecule has 0 heterocycles. The third-order valence-corrected chi connectivity index (χ3v) is 3.77. The van der Waals surface area contributed by atoms with Gasteiger partial charge in [0.1, 0.15) is 0 Å². The van der Waals surface area contributed by atoms with E-state index >= 15 is 0 Å². The molecule has 1 unspecified atom stereocenters. The number of hydrogen-bond donors (Lipinski definition) is 1. The van der Waals surface area contributed by atoms with Crippen molar-refractivity contribution in [2.45, 2.75) is 26.7 Å². The Morgan fingerprint density at radius 1 is 1.39 bits per heavy atom. The molecule has 0 N–H and O–H groups in total. The average Bonchev–Trinajstić information content (AvgIpc) is 3.14. The SMILES string of the molecule is C=C/C=C\C=C(/C)C(C#CC1CC1)(CS)C(=C)C. The van der Waals surface area contributed by atoms with Gasteiger partial charge in [-0.2, -0.15) is 12.6 Å². The van der Waals surface area contributed by atoms with Crippen molar-refractivity contribution in [3.8, 4) is 11.8 Å². The lowest BCUT2D eigenvalue weighted by Gasteiger charge is -2.28. The molecule has 18 heavy (non-hydrogen) atoms. The van der Waals surface area contributed by atoms with Crippen LogP contribution in [0.5, 0.6) is 0 Å². The van der Waals surface area contributed by atoms with E-state index in [0.717, 1.165) is 5.57 Å². The Morgan fingerprint density at radius 2 is 2.06 bits per heavy atom. The van der Waals surface area contributed by atoms with Crippen LogP contribution < -0.4 is 0 Å². The third-order valence-electron chi connectivity index (χ3n) is 3.30. The van der Waals surface area contributed by atoms with E-state index in [2.05, 4.69) is 50.6 Å². The summed E-state index contributed by atoms with van der Waals surface area (Å²) in [6.07, 6.45) is 10.2. The summed E-state index contributed by atoms with van der Waals surface area (Å²) in [5, 5.41) is 0. The van der Waals surface area contributed by atoms with Gasteiger partial charge in [0.15, 0.2) is 0 Å². The molecular weight excluding hydrogens is 236 g/mol. The van der Waals surface area contributed by atoms with Crippen molar-refractivity contribution in [1.29, 1.82) is 0 Å². The van der Waals surface area contributed by atoms with Crippen molar-refractivity contribution in [3.63, 3.8) is 0 Å². The molecule has 0 radical (unpaired) electrons. The monoisotopic (exact) mass is 258 g/mol. The second-order valence-corrected chi connectivity index (χ2v) is 5.17. The predicted octanol–water partition coefficient (Wildman–Crippen LogP) is 4.58. The van der Waals surface area contributed by atoms with E-state index in [4.69, 9.17) is 0 Å². The predicted molar refractivity (Wildman–Crippen MR) is 84.7 cm³/mol. The standard InChI is InChI=1S/C17H22S/c1-5-6-7-8-15(4)17(13-18,14(2)3)12-11-16-9-10-16/h5-8,16,18H,1-2,9-10,13H2,3-4H3/b7-6-,15-8+. The van der Waals surface area contributed by atoms with Crippen LogP contribution in [0.1, 0.15) is 26.7 Å². The largest absolute Gasteiger partial charge is 0.177 e. The smallest absolute Gasteiger partial charge is 0.0814 e. The van der Waals surface area contributed by atoms with Crippen molar-refractivity contribution in [2.75, 3.05) is 5.75 Å². The molecule has 1 aliphatic rings. The molecule has 1 saturated carbocycles. The summed E-state index contributed by atoms with van der Waals surface area (Å²) in [4.78, 5) is 0. The minimum absolute atomic E-state index is 0.294. The summed E-state index contributed by atoms with van der Waals surface area (Å²) >= 11 is 4.50. The van der Waals surface area contributed by atoms with Crippen molar-refractivity contribution in [3.05, 3.63) is 48.6 Å². The van der Waals surface area contributed by atoms with Crippen LogP contribution in [0.4, 0.5) is 0 Å². The van der Waals surface area contributed by atoms with Gasteiger partial charge < -0.3 is 0 Å². The first kappa shape index (κ1) is 14.9. The van der Waals surface area contributed by atoms with Crippen LogP contribution in [0, 0.1) is 23.2 Å². The summed E-state index contributed by atoms with van der Waals surface area (Å²) in [7, 11) is 0. The van der Waals surface area contributed by atoms with Gasteiger partial charge in [0.25, 0.3) is 0 Å². The second-order valence-electron chi connectivity index (χ2n) is 4.86. The highest BCUT2D eigenvalue weighted by Crippen LogP contribution is 2.36. The highest BCUT2D eigenvalue weighted by Gasteiger charge is 2.30.